The van der Waals surface area contributed by atoms with Crippen molar-refractivity contribution in [1.82, 2.24) is 29.1 Å². The fourth-order valence-corrected chi connectivity index (χ4v) is 2.76. The Morgan fingerprint density at radius 2 is 1.96 bits per heavy atom. The molecule has 4 rings (SSSR count). The van der Waals surface area contributed by atoms with Crippen LogP contribution in [0.4, 0.5) is 4.39 Å². The van der Waals surface area contributed by atoms with Crippen molar-refractivity contribution in [2.75, 3.05) is 6.67 Å². The predicted octanol–water partition coefficient (Wildman–Crippen LogP) is 0.493. The van der Waals surface area contributed by atoms with Gasteiger partial charge >= 0.3 is 11.1 Å². The summed E-state index contributed by atoms with van der Waals surface area (Å²) >= 11 is 0. The molecule has 1 saturated carbocycles. The Balaban J connectivity index is 1.60. The first-order valence-corrected chi connectivity index (χ1v) is 7.83. The lowest BCUT2D eigenvalue weighted by Gasteiger charge is -2.15. The second-order valence-electron chi connectivity index (χ2n) is 6.14. The molecule has 3 aromatic rings. The lowest BCUT2D eigenvalue weighted by molar-refractivity contribution is 0.326. The maximum Gasteiger partial charge on any atom is 0.317 e. The highest BCUT2D eigenvalue weighted by atomic mass is 19.1. The van der Waals surface area contributed by atoms with Gasteiger partial charge in [0, 0.05) is 18.6 Å². The zero-order valence-electron chi connectivity index (χ0n) is 13.2. The first-order valence-electron chi connectivity index (χ1n) is 7.83. The van der Waals surface area contributed by atoms with Crippen LogP contribution in [0.3, 0.4) is 0 Å². The Kier molecular flexibility index (Phi) is 3.56. The van der Waals surface area contributed by atoms with Crippen LogP contribution in [0.15, 0.2) is 52.7 Å². The number of alkyl halides is 1. The number of hydrogen-bond acceptors (Lipinski definition) is 5. The summed E-state index contributed by atoms with van der Waals surface area (Å²) in [5.41, 5.74) is -1.40. The molecule has 0 aromatic carbocycles. The van der Waals surface area contributed by atoms with Crippen molar-refractivity contribution >= 4 is 0 Å². The van der Waals surface area contributed by atoms with E-state index >= 15 is 0 Å². The van der Waals surface area contributed by atoms with Gasteiger partial charge in [0.2, 0.25) is 0 Å². The van der Waals surface area contributed by atoms with Gasteiger partial charge in [0.1, 0.15) is 6.67 Å². The minimum Gasteiger partial charge on any atom is -0.305 e. The van der Waals surface area contributed by atoms with E-state index in [-0.39, 0.29) is 6.54 Å². The van der Waals surface area contributed by atoms with E-state index in [9.17, 15) is 14.0 Å². The summed E-state index contributed by atoms with van der Waals surface area (Å²) in [5.74, 6) is 0.600. The largest absolute Gasteiger partial charge is 0.317 e. The zero-order valence-corrected chi connectivity index (χ0v) is 13.2. The van der Waals surface area contributed by atoms with E-state index in [1.807, 2.05) is 0 Å². The molecule has 0 amide bonds. The van der Waals surface area contributed by atoms with Crippen molar-refractivity contribution in [3.05, 3.63) is 69.4 Å². The smallest absolute Gasteiger partial charge is 0.305 e. The first kappa shape index (κ1) is 15.4. The van der Waals surface area contributed by atoms with Gasteiger partial charge < -0.3 is 9.13 Å². The molecule has 0 unspecified atom stereocenters. The molecule has 1 aliphatic rings. The zero-order chi connectivity index (χ0) is 17.4. The summed E-state index contributed by atoms with van der Waals surface area (Å²) in [6.07, 6.45) is 9.01. The van der Waals surface area contributed by atoms with Crippen LogP contribution in [0.25, 0.3) is 5.82 Å². The minimum atomic E-state index is -0.809. The lowest BCUT2D eigenvalue weighted by atomic mass is 10.2. The normalized spacial score (nSPS) is 15.2. The summed E-state index contributed by atoms with van der Waals surface area (Å²) in [6.45, 7) is -0.424. The summed E-state index contributed by atoms with van der Waals surface area (Å²) in [6, 6.07) is 3.55. The third kappa shape index (κ3) is 2.67. The van der Waals surface area contributed by atoms with Crippen molar-refractivity contribution in [2.24, 2.45) is 0 Å². The molecule has 3 heterocycles. The Labute approximate surface area is 141 Å². The molecule has 0 N–H and O–H groups in total. The van der Waals surface area contributed by atoms with Crippen LogP contribution < -0.4 is 11.1 Å². The number of aromatic nitrogens is 6. The van der Waals surface area contributed by atoms with Crippen LogP contribution in [0.1, 0.15) is 18.4 Å². The summed E-state index contributed by atoms with van der Waals surface area (Å²) in [5, 5.41) is 7.56. The third-order valence-electron chi connectivity index (χ3n) is 4.46. The van der Waals surface area contributed by atoms with Crippen LogP contribution in [0, 0.1) is 0 Å². The molecule has 1 aliphatic carbocycles. The van der Waals surface area contributed by atoms with E-state index in [0.29, 0.717) is 18.7 Å². The van der Waals surface area contributed by atoms with Crippen molar-refractivity contribution in [1.29, 1.82) is 0 Å². The number of nitrogens with zero attached hydrogens (tertiary/aromatic N) is 6. The van der Waals surface area contributed by atoms with Gasteiger partial charge in [-0.2, -0.15) is 0 Å². The van der Waals surface area contributed by atoms with Gasteiger partial charge in [-0.05, 0) is 24.5 Å². The Hall–Kier alpha value is -3.10. The van der Waals surface area contributed by atoms with Gasteiger partial charge in [0.05, 0.1) is 24.5 Å². The summed E-state index contributed by atoms with van der Waals surface area (Å²) < 4.78 is 17.2. The second-order valence-corrected chi connectivity index (χ2v) is 6.14. The van der Waals surface area contributed by atoms with E-state index in [2.05, 4.69) is 15.3 Å². The molecule has 9 heteroatoms. The fourth-order valence-electron chi connectivity index (χ4n) is 2.76. The van der Waals surface area contributed by atoms with Crippen LogP contribution in [0.5, 0.6) is 0 Å². The van der Waals surface area contributed by atoms with Gasteiger partial charge in [0.15, 0.2) is 5.82 Å². The topological polar surface area (TPSA) is 87.6 Å². The van der Waals surface area contributed by atoms with E-state index < -0.39 is 23.3 Å². The Morgan fingerprint density at radius 3 is 2.56 bits per heavy atom. The molecule has 1 fully saturated rings. The highest BCUT2D eigenvalue weighted by Crippen LogP contribution is 2.42. The molecule has 25 heavy (non-hydrogen) atoms. The average molecular weight is 342 g/mol. The van der Waals surface area contributed by atoms with Gasteiger partial charge in [-0.25, -0.2) is 14.1 Å². The number of pyridine rings is 1. The average Bonchev–Trinajstić information content (AvgIpc) is 3.23. The molecule has 0 radical (unpaired) electrons. The van der Waals surface area contributed by atoms with Crippen molar-refractivity contribution in [2.45, 2.75) is 24.9 Å². The van der Waals surface area contributed by atoms with Crippen LogP contribution in [0.2, 0.25) is 0 Å². The first-order chi connectivity index (χ1) is 12.1. The van der Waals surface area contributed by atoms with Crippen molar-refractivity contribution in [3.63, 3.8) is 0 Å². The predicted molar refractivity (Wildman–Crippen MR) is 86.4 cm³/mol. The molecule has 0 aliphatic heterocycles. The van der Waals surface area contributed by atoms with Gasteiger partial charge in [-0.1, -0.05) is 11.3 Å². The molecule has 128 valence electrons. The molecule has 0 saturated heterocycles. The van der Waals surface area contributed by atoms with Gasteiger partial charge in [0.25, 0.3) is 0 Å². The number of rotatable bonds is 5. The molecule has 0 bridgehead atoms. The highest BCUT2D eigenvalue weighted by Gasteiger charge is 2.45. The molecule has 8 nitrogen and oxygen atoms in total. The van der Waals surface area contributed by atoms with E-state index in [1.54, 1.807) is 30.7 Å². The lowest BCUT2D eigenvalue weighted by Crippen LogP contribution is -2.45. The SMILES string of the molecule is O=c1c(=O)n(C2(CF)CC2)ccn1Cc1ccc(-n2ccnn2)nc1. The van der Waals surface area contributed by atoms with Crippen molar-refractivity contribution in [3.8, 4) is 5.82 Å². The Bertz CT molecular complexity index is 1000. The van der Waals surface area contributed by atoms with Gasteiger partial charge in [-0.3, -0.25) is 9.59 Å². The van der Waals surface area contributed by atoms with Crippen LogP contribution in [-0.4, -0.2) is 35.8 Å². The molecule has 0 spiro atoms. The van der Waals surface area contributed by atoms with Gasteiger partial charge in [-0.15, -0.1) is 5.10 Å². The standard InChI is InChI=1S/C16H15FN6O2/c17-11-16(3-4-16)22-8-7-21(14(24)15(22)25)10-12-1-2-13(18-9-12)23-6-5-19-20-23/h1-2,5-9H,3-4,10-11H2. The quantitative estimate of drug-likeness (QED) is 0.630. The number of halogens is 1. The second kappa shape index (κ2) is 5.76. The maximum absolute atomic E-state index is 13.1. The van der Waals surface area contributed by atoms with E-state index in [0.717, 1.165) is 5.56 Å². The minimum absolute atomic E-state index is 0.210. The van der Waals surface area contributed by atoms with E-state index in [1.165, 1.54) is 26.2 Å². The van der Waals surface area contributed by atoms with E-state index in [4.69, 9.17) is 0 Å². The molecular weight excluding hydrogens is 327 g/mol. The van der Waals surface area contributed by atoms with Crippen LogP contribution in [-0.2, 0) is 12.1 Å². The number of hydrogen-bond donors (Lipinski definition) is 0. The summed E-state index contributed by atoms with van der Waals surface area (Å²) in [4.78, 5) is 28.8. The fraction of sp³-hybridized carbons (Fsp3) is 0.312. The monoisotopic (exact) mass is 342 g/mol. The molecule has 3 aromatic heterocycles. The molecule has 0 atom stereocenters. The maximum atomic E-state index is 13.1. The Morgan fingerprint density at radius 1 is 1.12 bits per heavy atom. The highest BCUT2D eigenvalue weighted by molar-refractivity contribution is 5.24. The van der Waals surface area contributed by atoms with Crippen LogP contribution >= 0.6 is 0 Å². The molecular formula is C16H15FN6O2. The summed E-state index contributed by atoms with van der Waals surface area (Å²) in [7, 11) is 0. The third-order valence-corrected chi connectivity index (χ3v) is 4.46. The van der Waals surface area contributed by atoms with Crippen molar-refractivity contribution < 1.29 is 4.39 Å².